The maximum absolute atomic E-state index is 12.6. The molecule has 14 heavy (non-hydrogen) atoms. The van der Waals surface area contributed by atoms with Crippen LogP contribution in [0.25, 0.3) is 10.4 Å². The average Bonchev–Trinajstić information content (AvgIpc) is 2.21. The van der Waals surface area contributed by atoms with Gasteiger partial charge in [-0.3, -0.25) is 0 Å². The smallest absolute Gasteiger partial charge is 0.123 e. The van der Waals surface area contributed by atoms with E-state index in [2.05, 4.69) is 10.0 Å². The number of hydrogen-bond donors (Lipinski definition) is 1. The fourth-order valence-corrected chi connectivity index (χ4v) is 1.14. The van der Waals surface area contributed by atoms with Crippen molar-refractivity contribution in [3.63, 3.8) is 0 Å². The third-order valence-electron chi connectivity index (χ3n) is 1.93. The van der Waals surface area contributed by atoms with Crippen LogP contribution in [0.15, 0.2) is 29.4 Å². The maximum atomic E-state index is 12.6. The van der Waals surface area contributed by atoms with Crippen LogP contribution in [0.2, 0.25) is 0 Å². The summed E-state index contributed by atoms with van der Waals surface area (Å²) in [5.74, 6) is -0.583. The number of hydrogen-bond acceptors (Lipinski definition) is 2. The first-order valence-corrected chi connectivity index (χ1v) is 4.15. The Morgan fingerprint density at radius 2 is 2.07 bits per heavy atom. The summed E-state index contributed by atoms with van der Waals surface area (Å²) in [5, 5.41) is 12.4. The Morgan fingerprint density at radius 1 is 1.43 bits per heavy atom. The molecule has 0 aliphatic rings. The summed E-state index contributed by atoms with van der Waals surface area (Å²) in [7, 11) is 0. The van der Waals surface area contributed by atoms with Crippen molar-refractivity contribution in [1.29, 1.82) is 0 Å². The fraction of sp³-hybridized carbons (Fsp3) is 0.333. The lowest BCUT2D eigenvalue weighted by Crippen LogP contribution is -2.07. The Labute approximate surface area is 80.6 Å². The molecule has 0 saturated carbocycles. The third-order valence-corrected chi connectivity index (χ3v) is 1.93. The van der Waals surface area contributed by atoms with Crippen molar-refractivity contribution in [3.05, 3.63) is 46.1 Å². The van der Waals surface area contributed by atoms with Crippen LogP contribution in [-0.2, 0) is 0 Å². The van der Waals surface area contributed by atoms with E-state index in [1.165, 1.54) is 12.1 Å². The van der Waals surface area contributed by atoms with Gasteiger partial charge in [-0.15, -0.1) is 0 Å². The molecule has 1 aromatic rings. The molecule has 0 aliphatic heterocycles. The van der Waals surface area contributed by atoms with Crippen LogP contribution in [0.4, 0.5) is 4.39 Å². The highest BCUT2D eigenvalue weighted by Crippen LogP contribution is 2.16. The Kier molecular flexibility index (Phi) is 3.91. The Hall–Kier alpha value is -1.58. The predicted molar refractivity (Wildman–Crippen MR) is 50.2 cm³/mol. The van der Waals surface area contributed by atoms with E-state index in [9.17, 15) is 4.39 Å². The molecule has 5 heteroatoms. The lowest BCUT2D eigenvalue weighted by Gasteiger charge is -2.10. The number of azide groups is 1. The van der Waals surface area contributed by atoms with Gasteiger partial charge in [-0.25, -0.2) is 4.39 Å². The normalized spacial score (nSPS) is 11.9. The van der Waals surface area contributed by atoms with E-state index in [0.717, 1.165) is 5.56 Å². The van der Waals surface area contributed by atoms with Gasteiger partial charge < -0.3 is 5.11 Å². The molecular weight excluding hydrogens is 185 g/mol. The molecule has 0 spiro atoms. The van der Waals surface area contributed by atoms with Gasteiger partial charge >= 0.3 is 0 Å². The van der Waals surface area contributed by atoms with Crippen LogP contribution in [-0.4, -0.2) is 18.3 Å². The maximum Gasteiger partial charge on any atom is 0.123 e. The Morgan fingerprint density at radius 3 is 2.57 bits per heavy atom. The topological polar surface area (TPSA) is 69.0 Å². The second kappa shape index (κ2) is 5.21. The van der Waals surface area contributed by atoms with Crippen molar-refractivity contribution >= 4 is 0 Å². The molecule has 0 unspecified atom stereocenters. The van der Waals surface area contributed by atoms with Crippen molar-refractivity contribution < 1.29 is 9.50 Å². The lowest BCUT2D eigenvalue weighted by atomic mass is 10.0. The number of aliphatic hydroxyl groups excluding tert-OH is 1. The standard InChI is InChI=1S/C9H10FN3O/c10-9-3-1-7(2-4-9)8(6-14)5-12-13-11/h1-4,8,14H,5-6H2/t8-/m1/s1. The minimum atomic E-state index is -0.325. The number of halogens is 1. The summed E-state index contributed by atoms with van der Waals surface area (Å²) in [6.45, 7) is 0.0588. The quantitative estimate of drug-likeness (QED) is 0.446. The Balaban J connectivity index is 2.78. The molecule has 0 aromatic heterocycles. The first kappa shape index (κ1) is 10.5. The molecule has 0 heterocycles. The van der Waals surface area contributed by atoms with Gasteiger partial charge in [0.2, 0.25) is 0 Å². The number of nitrogens with zero attached hydrogens (tertiary/aromatic N) is 3. The van der Waals surface area contributed by atoms with Gasteiger partial charge in [0.25, 0.3) is 0 Å². The fourth-order valence-electron chi connectivity index (χ4n) is 1.14. The summed E-state index contributed by atoms with van der Waals surface area (Å²) >= 11 is 0. The van der Waals surface area contributed by atoms with Gasteiger partial charge in [0.15, 0.2) is 0 Å². The summed E-state index contributed by atoms with van der Waals surface area (Å²) in [4.78, 5) is 2.61. The molecule has 0 bridgehead atoms. The molecule has 0 saturated heterocycles. The van der Waals surface area contributed by atoms with Crippen LogP contribution in [0.1, 0.15) is 11.5 Å². The van der Waals surface area contributed by atoms with E-state index in [0.29, 0.717) is 0 Å². The zero-order valence-corrected chi connectivity index (χ0v) is 7.47. The highest BCUT2D eigenvalue weighted by Gasteiger charge is 2.08. The molecule has 1 N–H and O–H groups in total. The van der Waals surface area contributed by atoms with E-state index in [-0.39, 0.29) is 24.9 Å². The first-order valence-electron chi connectivity index (χ1n) is 4.15. The van der Waals surface area contributed by atoms with Gasteiger partial charge in [0.1, 0.15) is 5.82 Å². The first-order chi connectivity index (χ1) is 6.77. The molecule has 0 amide bonds. The largest absolute Gasteiger partial charge is 0.396 e. The Bertz CT molecular complexity index is 332. The minimum absolute atomic E-state index is 0.120. The second-order valence-corrected chi connectivity index (χ2v) is 2.84. The molecule has 1 rings (SSSR count). The van der Waals surface area contributed by atoms with Gasteiger partial charge in [-0.05, 0) is 23.2 Å². The number of rotatable bonds is 4. The van der Waals surface area contributed by atoms with Gasteiger partial charge in [0, 0.05) is 17.4 Å². The van der Waals surface area contributed by atoms with Crippen molar-refractivity contribution in [2.24, 2.45) is 5.11 Å². The van der Waals surface area contributed by atoms with Crippen molar-refractivity contribution in [2.75, 3.05) is 13.2 Å². The zero-order valence-electron chi connectivity index (χ0n) is 7.47. The molecule has 0 aliphatic carbocycles. The zero-order chi connectivity index (χ0) is 10.4. The third kappa shape index (κ3) is 2.73. The van der Waals surface area contributed by atoms with Gasteiger partial charge in [-0.1, -0.05) is 17.2 Å². The SMILES string of the molecule is [N-]=[N+]=NC[C@H](CO)c1ccc(F)cc1. The summed E-state index contributed by atoms with van der Waals surface area (Å²) < 4.78 is 12.6. The van der Waals surface area contributed by atoms with E-state index in [1.807, 2.05) is 0 Å². The number of aliphatic hydroxyl groups is 1. The molecule has 0 fully saturated rings. The molecule has 4 nitrogen and oxygen atoms in total. The molecule has 1 aromatic carbocycles. The summed E-state index contributed by atoms with van der Waals surface area (Å²) in [5.41, 5.74) is 8.88. The minimum Gasteiger partial charge on any atom is -0.396 e. The van der Waals surface area contributed by atoms with Crippen molar-refractivity contribution in [1.82, 2.24) is 0 Å². The van der Waals surface area contributed by atoms with E-state index in [4.69, 9.17) is 10.6 Å². The van der Waals surface area contributed by atoms with Crippen molar-refractivity contribution in [3.8, 4) is 0 Å². The van der Waals surface area contributed by atoms with E-state index >= 15 is 0 Å². The monoisotopic (exact) mass is 195 g/mol. The summed E-state index contributed by atoms with van der Waals surface area (Å²) in [6.07, 6.45) is 0. The van der Waals surface area contributed by atoms with E-state index in [1.54, 1.807) is 12.1 Å². The van der Waals surface area contributed by atoms with Gasteiger partial charge in [0.05, 0.1) is 6.61 Å². The molecule has 1 atom stereocenters. The average molecular weight is 195 g/mol. The highest BCUT2D eigenvalue weighted by atomic mass is 19.1. The molecule has 0 radical (unpaired) electrons. The summed E-state index contributed by atoms with van der Waals surface area (Å²) in [6, 6.07) is 5.77. The van der Waals surface area contributed by atoms with Crippen LogP contribution < -0.4 is 0 Å². The van der Waals surface area contributed by atoms with Crippen LogP contribution >= 0.6 is 0 Å². The van der Waals surface area contributed by atoms with Crippen LogP contribution in [0, 0.1) is 5.82 Å². The van der Waals surface area contributed by atoms with Crippen LogP contribution in [0.5, 0.6) is 0 Å². The predicted octanol–water partition coefficient (Wildman–Crippen LogP) is 2.21. The highest BCUT2D eigenvalue weighted by molar-refractivity contribution is 5.20. The van der Waals surface area contributed by atoms with Crippen molar-refractivity contribution in [2.45, 2.75) is 5.92 Å². The molecule has 74 valence electrons. The number of benzene rings is 1. The molecular formula is C9H10FN3O. The van der Waals surface area contributed by atoms with Gasteiger partial charge in [-0.2, -0.15) is 0 Å². The van der Waals surface area contributed by atoms with Crippen LogP contribution in [0.3, 0.4) is 0 Å². The second-order valence-electron chi connectivity index (χ2n) is 2.84. The lowest BCUT2D eigenvalue weighted by molar-refractivity contribution is 0.267. The van der Waals surface area contributed by atoms with E-state index < -0.39 is 0 Å².